The van der Waals surface area contributed by atoms with Crippen LogP contribution < -0.4 is 0 Å². The number of carbonyl (C=O) groups excluding carboxylic acids is 4. The molecule has 23 heavy (non-hydrogen) atoms. The van der Waals surface area contributed by atoms with Gasteiger partial charge in [0.25, 0.3) is 0 Å². The lowest BCUT2D eigenvalue weighted by molar-refractivity contribution is -0.176. The van der Waals surface area contributed by atoms with Crippen molar-refractivity contribution in [1.29, 1.82) is 0 Å². The van der Waals surface area contributed by atoms with Crippen molar-refractivity contribution in [2.45, 2.75) is 19.3 Å². The molecule has 0 amide bonds. The van der Waals surface area contributed by atoms with Gasteiger partial charge < -0.3 is 9.47 Å². The smallest absolute Gasteiger partial charge is 0.317 e. The first-order valence-electron chi connectivity index (χ1n) is 8.56. The average molecular weight is 316 g/mol. The number of fused-ring (bicyclic) bond motifs is 15. The SMILES string of the molecule is O=C1CC2C3CC(C2C(=O)O1)C1C2CC(C4C(=O)OC(=O)C24)C31. The largest absolute Gasteiger partial charge is 0.393 e. The highest BCUT2D eigenvalue weighted by Gasteiger charge is 2.75. The second-order valence-electron chi connectivity index (χ2n) is 8.26. The summed E-state index contributed by atoms with van der Waals surface area (Å²) in [4.78, 5) is 48.0. The predicted octanol–water partition coefficient (Wildman–Crippen LogP) is 0.540. The van der Waals surface area contributed by atoms with E-state index in [4.69, 9.17) is 9.47 Å². The van der Waals surface area contributed by atoms with Gasteiger partial charge in [0.1, 0.15) is 0 Å². The maximum absolute atomic E-state index is 12.2. The van der Waals surface area contributed by atoms with E-state index >= 15 is 0 Å². The molecule has 2 heterocycles. The van der Waals surface area contributed by atoms with Gasteiger partial charge in [-0.15, -0.1) is 0 Å². The second-order valence-corrected chi connectivity index (χ2v) is 8.26. The molecule has 2 aliphatic heterocycles. The van der Waals surface area contributed by atoms with Gasteiger partial charge in [0.2, 0.25) is 0 Å². The summed E-state index contributed by atoms with van der Waals surface area (Å²) in [7, 11) is 0. The van der Waals surface area contributed by atoms with Gasteiger partial charge in [0.05, 0.1) is 17.8 Å². The van der Waals surface area contributed by atoms with Gasteiger partial charge in [-0.3, -0.25) is 19.2 Å². The fourth-order valence-electron chi connectivity index (χ4n) is 7.69. The number of ether oxygens (including phenoxy) is 2. The van der Waals surface area contributed by atoms with Crippen LogP contribution in [-0.4, -0.2) is 23.9 Å². The maximum atomic E-state index is 12.2. The van der Waals surface area contributed by atoms with Crippen LogP contribution in [0.3, 0.4) is 0 Å². The average Bonchev–Trinajstić information content (AvgIpc) is 3.23. The molecule has 0 radical (unpaired) electrons. The van der Waals surface area contributed by atoms with E-state index in [9.17, 15) is 19.2 Å². The van der Waals surface area contributed by atoms with Crippen LogP contribution in [-0.2, 0) is 28.7 Å². The van der Waals surface area contributed by atoms with Gasteiger partial charge in [-0.1, -0.05) is 0 Å². The fraction of sp³-hybridized carbons (Fsp3) is 0.765. The van der Waals surface area contributed by atoms with Gasteiger partial charge >= 0.3 is 23.9 Å². The number of rotatable bonds is 0. The van der Waals surface area contributed by atoms with Crippen LogP contribution in [0.1, 0.15) is 19.3 Å². The standard InChI is InChI=1S/C17H16O6/c18-9-3-5-4-1-6(12(5)15(19)22-9)11-8-2-7(10(4)11)13-14(8)17(21)23-16(13)20/h4-8,10-14H,1-3H2. The van der Waals surface area contributed by atoms with Gasteiger partial charge in [-0.25, -0.2) is 0 Å². The molecular weight excluding hydrogens is 300 g/mol. The molecule has 10 atom stereocenters. The highest BCUT2D eigenvalue weighted by molar-refractivity contribution is 5.98. The first-order valence-corrected chi connectivity index (χ1v) is 8.56. The molecule has 4 bridgehead atoms. The third-order valence-corrected chi connectivity index (χ3v) is 7.93. The minimum absolute atomic E-state index is 0.0842. The third kappa shape index (κ3) is 1.23. The minimum Gasteiger partial charge on any atom is -0.393 e. The Morgan fingerprint density at radius 1 is 0.609 bits per heavy atom. The highest BCUT2D eigenvalue weighted by atomic mass is 16.6. The first-order chi connectivity index (χ1) is 11.1. The van der Waals surface area contributed by atoms with E-state index in [-0.39, 0.29) is 59.3 Å². The fourth-order valence-corrected chi connectivity index (χ4v) is 7.69. The molecule has 6 fully saturated rings. The summed E-state index contributed by atoms with van der Waals surface area (Å²) in [5.74, 6) is -0.475. The molecule has 0 aromatic carbocycles. The van der Waals surface area contributed by atoms with E-state index in [1.165, 1.54) is 0 Å². The molecule has 4 aliphatic carbocycles. The van der Waals surface area contributed by atoms with Crippen molar-refractivity contribution in [3.8, 4) is 0 Å². The van der Waals surface area contributed by atoms with Crippen molar-refractivity contribution in [2.75, 3.05) is 0 Å². The zero-order valence-electron chi connectivity index (χ0n) is 12.3. The van der Waals surface area contributed by atoms with Crippen LogP contribution in [0.25, 0.3) is 0 Å². The van der Waals surface area contributed by atoms with Crippen molar-refractivity contribution in [3.63, 3.8) is 0 Å². The van der Waals surface area contributed by atoms with E-state index < -0.39 is 5.97 Å². The Balaban J connectivity index is 1.42. The summed E-state index contributed by atoms with van der Waals surface area (Å²) in [6, 6.07) is 0. The maximum Gasteiger partial charge on any atom is 0.317 e. The summed E-state index contributed by atoms with van der Waals surface area (Å²) >= 11 is 0. The lowest BCUT2D eigenvalue weighted by atomic mass is 9.58. The minimum atomic E-state index is -0.406. The zero-order valence-corrected chi connectivity index (χ0v) is 12.3. The monoisotopic (exact) mass is 316 g/mol. The number of esters is 4. The lowest BCUT2D eigenvalue weighted by Gasteiger charge is -2.45. The number of cyclic esters (lactones) is 4. The topological polar surface area (TPSA) is 86.7 Å². The molecule has 10 unspecified atom stereocenters. The molecule has 0 N–H and O–H groups in total. The zero-order chi connectivity index (χ0) is 15.6. The number of hydrogen-bond acceptors (Lipinski definition) is 6. The van der Waals surface area contributed by atoms with Crippen molar-refractivity contribution in [2.24, 2.45) is 59.2 Å². The van der Waals surface area contributed by atoms with Crippen LogP contribution in [0.4, 0.5) is 0 Å². The van der Waals surface area contributed by atoms with Gasteiger partial charge in [-0.05, 0) is 54.3 Å². The molecule has 6 rings (SSSR count). The van der Waals surface area contributed by atoms with Crippen molar-refractivity contribution in [1.82, 2.24) is 0 Å². The molecule has 0 spiro atoms. The summed E-state index contributed by atoms with van der Waals surface area (Å²) in [6.45, 7) is 0. The Morgan fingerprint density at radius 2 is 1.13 bits per heavy atom. The Hall–Kier alpha value is -1.72. The first kappa shape index (κ1) is 12.7. The van der Waals surface area contributed by atoms with Gasteiger partial charge in [-0.2, -0.15) is 0 Å². The van der Waals surface area contributed by atoms with E-state index in [0.717, 1.165) is 12.8 Å². The van der Waals surface area contributed by atoms with Crippen LogP contribution >= 0.6 is 0 Å². The van der Waals surface area contributed by atoms with Crippen molar-refractivity contribution < 1.29 is 28.7 Å². The Labute approximate surface area is 131 Å². The van der Waals surface area contributed by atoms with E-state index in [1.807, 2.05) is 0 Å². The highest BCUT2D eigenvalue weighted by Crippen LogP contribution is 2.74. The number of carbonyl (C=O) groups is 4. The van der Waals surface area contributed by atoms with Gasteiger partial charge in [0.15, 0.2) is 0 Å². The molecule has 6 heteroatoms. The van der Waals surface area contributed by atoms with E-state index in [0.29, 0.717) is 24.2 Å². The van der Waals surface area contributed by atoms with Crippen molar-refractivity contribution >= 4 is 23.9 Å². The summed E-state index contributed by atoms with van der Waals surface area (Å²) in [5.41, 5.74) is 0. The molecule has 0 aromatic rings. The summed E-state index contributed by atoms with van der Waals surface area (Å²) in [6.07, 6.45) is 2.18. The Bertz CT molecular complexity index is 697. The summed E-state index contributed by atoms with van der Waals surface area (Å²) < 4.78 is 9.78. The van der Waals surface area contributed by atoms with Crippen molar-refractivity contribution in [3.05, 3.63) is 0 Å². The molecule has 120 valence electrons. The molecular formula is C17H16O6. The quantitative estimate of drug-likeness (QED) is 0.368. The number of hydrogen-bond donors (Lipinski definition) is 0. The molecule has 2 saturated heterocycles. The van der Waals surface area contributed by atoms with Crippen LogP contribution in [0, 0.1) is 59.2 Å². The predicted molar refractivity (Wildman–Crippen MR) is 70.9 cm³/mol. The Kier molecular flexibility index (Phi) is 2.03. The van der Waals surface area contributed by atoms with Crippen LogP contribution in [0.2, 0.25) is 0 Å². The lowest BCUT2D eigenvalue weighted by Crippen LogP contribution is -2.49. The van der Waals surface area contributed by atoms with E-state index in [1.54, 1.807) is 0 Å². The molecule has 6 nitrogen and oxygen atoms in total. The molecule has 6 aliphatic rings. The molecule has 0 aromatic heterocycles. The van der Waals surface area contributed by atoms with Crippen LogP contribution in [0.15, 0.2) is 0 Å². The molecule has 4 saturated carbocycles. The normalized spacial score (nSPS) is 58.1. The van der Waals surface area contributed by atoms with E-state index in [2.05, 4.69) is 0 Å². The Morgan fingerprint density at radius 3 is 1.83 bits per heavy atom. The second kappa shape index (κ2) is 3.68. The summed E-state index contributed by atoms with van der Waals surface area (Å²) in [5, 5.41) is 0. The van der Waals surface area contributed by atoms with Gasteiger partial charge in [0, 0.05) is 6.42 Å². The third-order valence-electron chi connectivity index (χ3n) is 7.93. The van der Waals surface area contributed by atoms with Crippen LogP contribution in [0.5, 0.6) is 0 Å².